The maximum Gasteiger partial charge on any atom is 0.244 e. The van der Waals surface area contributed by atoms with E-state index in [9.17, 15) is 19.4 Å². The van der Waals surface area contributed by atoms with Gasteiger partial charge in [0, 0.05) is 11.6 Å². The molecule has 0 spiro atoms. The van der Waals surface area contributed by atoms with Crippen molar-refractivity contribution >= 4 is 12.0 Å². The smallest absolute Gasteiger partial charge is 0.244 e. The second-order valence-corrected chi connectivity index (χ2v) is 5.80. The number of rotatable bonds is 6. The summed E-state index contributed by atoms with van der Waals surface area (Å²) in [6.45, 7) is 0.416. The molecule has 1 heterocycles. The number of benzene rings is 2. The molecule has 3 aromatic rings. The molecule has 27 heavy (non-hydrogen) atoms. The van der Waals surface area contributed by atoms with Crippen LogP contribution in [0.5, 0.6) is 11.5 Å². The van der Waals surface area contributed by atoms with Gasteiger partial charge in [-0.05, 0) is 29.8 Å². The van der Waals surface area contributed by atoms with Crippen molar-refractivity contribution in [2.45, 2.75) is 13.1 Å². The van der Waals surface area contributed by atoms with Gasteiger partial charge in [0.2, 0.25) is 5.91 Å². The Kier molecular flexibility index (Phi) is 5.46. The van der Waals surface area contributed by atoms with Gasteiger partial charge >= 0.3 is 0 Å². The van der Waals surface area contributed by atoms with Crippen LogP contribution in [-0.2, 0) is 17.9 Å². The lowest BCUT2D eigenvalue weighted by atomic mass is 10.2. The van der Waals surface area contributed by atoms with Gasteiger partial charge in [-0.3, -0.25) is 4.79 Å². The number of phenolic OH excluding ortho intramolecular Hbond substituents is 2. The monoisotopic (exact) mass is 368 g/mol. The number of carbonyl (C=O) groups is 1. The summed E-state index contributed by atoms with van der Waals surface area (Å²) in [5.41, 5.74) is 1.60. The Morgan fingerprint density at radius 3 is 2.78 bits per heavy atom. The first-order valence-electron chi connectivity index (χ1n) is 8.11. The molecule has 1 aromatic heterocycles. The van der Waals surface area contributed by atoms with E-state index >= 15 is 0 Å². The third-order valence-electron chi connectivity index (χ3n) is 3.75. The number of halogens is 1. The summed E-state index contributed by atoms with van der Waals surface area (Å²) in [5, 5.41) is 29.2. The molecule has 0 unspecified atom stereocenters. The molecule has 8 heteroatoms. The van der Waals surface area contributed by atoms with Crippen molar-refractivity contribution < 1.29 is 19.4 Å². The molecule has 0 aliphatic rings. The summed E-state index contributed by atoms with van der Waals surface area (Å²) >= 11 is 0. The van der Waals surface area contributed by atoms with Crippen LogP contribution in [0.2, 0.25) is 0 Å². The second-order valence-electron chi connectivity index (χ2n) is 5.80. The highest BCUT2D eigenvalue weighted by Gasteiger charge is 2.06. The quantitative estimate of drug-likeness (QED) is 0.458. The Labute approximate surface area is 154 Å². The van der Waals surface area contributed by atoms with Crippen molar-refractivity contribution in [3.05, 3.63) is 77.4 Å². The summed E-state index contributed by atoms with van der Waals surface area (Å²) in [6.07, 6.45) is 4.44. The first kappa shape index (κ1) is 18.1. The van der Waals surface area contributed by atoms with E-state index in [-0.39, 0.29) is 36.3 Å². The maximum atomic E-state index is 13.7. The fraction of sp³-hybridized carbons (Fsp3) is 0.105. The normalized spacial score (nSPS) is 11.0. The molecule has 138 valence electrons. The Hall–Kier alpha value is -3.68. The number of hydrogen-bond donors (Lipinski definition) is 3. The van der Waals surface area contributed by atoms with Gasteiger partial charge in [0.05, 0.1) is 19.3 Å². The van der Waals surface area contributed by atoms with Gasteiger partial charge in [0.15, 0.2) is 11.5 Å². The van der Waals surface area contributed by atoms with Crippen molar-refractivity contribution in [3.8, 4) is 11.5 Å². The standard InChI is InChI=1S/C19H17FN4O3/c20-16-4-2-1-3-14(16)11-24-12-15(22-23-24)10-21-19(27)8-6-13-5-7-17(25)18(26)9-13/h1-9,12,25-26H,10-11H2,(H,21,27)/b8-6+. The molecule has 3 rings (SSSR count). The minimum absolute atomic E-state index is 0.168. The van der Waals surface area contributed by atoms with E-state index in [2.05, 4.69) is 15.6 Å². The van der Waals surface area contributed by atoms with Crippen LogP contribution in [0.1, 0.15) is 16.8 Å². The van der Waals surface area contributed by atoms with Gasteiger partial charge < -0.3 is 15.5 Å². The van der Waals surface area contributed by atoms with Gasteiger partial charge in [-0.15, -0.1) is 5.10 Å². The average Bonchev–Trinajstić information content (AvgIpc) is 3.10. The van der Waals surface area contributed by atoms with Crippen LogP contribution >= 0.6 is 0 Å². The minimum Gasteiger partial charge on any atom is -0.504 e. The van der Waals surface area contributed by atoms with E-state index in [1.54, 1.807) is 30.5 Å². The second kappa shape index (κ2) is 8.13. The van der Waals surface area contributed by atoms with E-state index < -0.39 is 0 Å². The predicted molar refractivity (Wildman–Crippen MR) is 96.2 cm³/mol. The maximum absolute atomic E-state index is 13.7. The highest BCUT2D eigenvalue weighted by Crippen LogP contribution is 2.25. The fourth-order valence-electron chi connectivity index (χ4n) is 2.35. The number of nitrogens with zero attached hydrogens (tertiary/aromatic N) is 3. The molecule has 7 nitrogen and oxygen atoms in total. The molecule has 0 atom stereocenters. The van der Waals surface area contributed by atoms with Crippen molar-refractivity contribution in [2.75, 3.05) is 0 Å². The minimum atomic E-state index is -0.355. The van der Waals surface area contributed by atoms with Crippen LogP contribution in [0.3, 0.4) is 0 Å². The number of amides is 1. The molecule has 1 amide bonds. The third-order valence-corrected chi connectivity index (χ3v) is 3.75. The molecule has 0 saturated heterocycles. The predicted octanol–water partition coefficient (Wildman–Crippen LogP) is 2.21. The van der Waals surface area contributed by atoms with E-state index in [0.717, 1.165) is 0 Å². The van der Waals surface area contributed by atoms with Gasteiger partial charge in [0.1, 0.15) is 11.5 Å². The van der Waals surface area contributed by atoms with Crippen LogP contribution in [0, 0.1) is 5.82 Å². The zero-order valence-corrected chi connectivity index (χ0v) is 14.2. The summed E-state index contributed by atoms with van der Waals surface area (Å²) < 4.78 is 15.1. The molecule has 0 aliphatic carbocycles. The summed E-state index contributed by atoms with van der Waals surface area (Å²) in [6, 6.07) is 10.7. The Balaban J connectivity index is 1.53. The molecular formula is C19H17FN4O3. The van der Waals surface area contributed by atoms with E-state index in [1.807, 2.05) is 0 Å². The zero-order valence-electron chi connectivity index (χ0n) is 14.2. The molecule has 0 radical (unpaired) electrons. The Morgan fingerprint density at radius 1 is 1.19 bits per heavy atom. The highest BCUT2D eigenvalue weighted by atomic mass is 19.1. The topological polar surface area (TPSA) is 100 Å². The summed E-state index contributed by atoms with van der Waals surface area (Å²) in [5.74, 6) is -1.15. The van der Waals surface area contributed by atoms with E-state index in [4.69, 9.17) is 0 Å². The van der Waals surface area contributed by atoms with Crippen LogP contribution in [-0.4, -0.2) is 31.1 Å². The molecule has 3 N–H and O–H groups in total. The molecular weight excluding hydrogens is 351 g/mol. The summed E-state index contributed by atoms with van der Waals surface area (Å²) in [7, 11) is 0. The molecule has 0 aliphatic heterocycles. The van der Waals surface area contributed by atoms with Gasteiger partial charge in [0.25, 0.3) is 0 Å². The number of nitrogens with one attached hydrogen (secondary N) is 1. The fourth-order valence-corrected chi connectivity index (χ4v) is 2.35. The molecule has 2 aromatic carbocycles. The van der Waals surface area contributed by atoms with Crippen molar-refractivity contribution in [1.82, 2.24) is 20.3 Å². The first-order valence-corrected chi connectivity index (χ1v) is 8.11. The largest absolute Gasteiger partial charge is 0.504 e. The summed E-state index contributed by atoms with van der Waals surface area (Å²) in [4.78, 5) is 11.9. The number of carbonyl (C=O) groups excluding carboxylic acids is 1. The van der Waals surface area contributed by atoms with Gasteiger partial charge in [-0.1, -0.05) is 29.5 Å². The van der Waals surface area contributed by atoms with Gasteiger partial charge in [-0.25, -0.2) is 9.07 Å². The number of phenols is 2. The highest BCUT2D eigenvalue weighted by molar-refractivity contribution is 5.91. The third kappa shape index (κ3) is 4.91. The van der Waals surface area contributed by atoms with Crippen molar-refractivity contribution in [1.29, 1.82) is 0 Å². The zero-order chi connectivity index (χ0) is 19.2. The number of hydrogen-bond acceptors (Lipinski definition) is 5. The van der Waals surface area contributed by atoms with Crippen molar-refractivity contribution in [3.63, 3.8) is 0 Å². The van der Waals surface area contributed by atoms with Crippen molar-refractivity contribution in [2.24, 2.45) is 0 Å². The van der Waals surface area contributed by atoms with Crippen LogP contribution in [0.25, 0.3) is 6.08 Å². The van der Waals surface area contributed by atoms with Crippen LogP contribution in [0.15, 0.2) is 54.7 Å². The number of aromatic nitrogens is 3. The lowest BCUT2D eigenvalue weighted by Gasteiger charge is -2.02. The Morgan fingerprint density at radius 2 is 2.00 bits per heavy atom. The SMILES string of the molecule is O=C(/C=C/c1ccc(O)c(O)c1)NCc1cn(Cc2ccccc2F)nn1. The molecule has 0 fully saturated rings. The molecule has 0 saturated carbocycles. The van der Waals surface area contributed by atoms with Gasteiger partial charge in [-0.2, -0.15) is 0 Å². The number of aromatic hydroxyl groups is 2. The average molecular weight is 368 g/mol. The lowest BCUT2D eigenvalue weighted by molar-refractivity contribution is -0.116. The van der Waals surface area contributed by atoms with Crippen LogP contribution < -0.4 is 5.32 Å². The lowest BCUT2D eigenvalue weighted by Crippen LogP contribution is -2.20. The van der Waals surface area contributed by atoms with E-state index in [0.29, 0.717) is 16.8 Å². The first-order chi connectivity index (χ1) is 13.0. The van der Waals surface area contributed by atoms with Crippen LogP contribution in [0.4, 0.5) is 4.39 Å². The van der Waals surface area contributed by atoms with E-state index in [1.165, 1.54) is 35.0 Å². The Bertz CT molecular complexity index is 985. The molecule has 0 bridgehead atoms.